The van der Waals surface area contributed by atoms with Gasteiger partial charge in [0.25, 0.3) is 0 Å². The summed E-state index contributed by atoms with van der Waals surface area (Å²) in [6.07, 6.45) is 0.0607. The summed E-state index contributed by atoms with van der Waals surface area (Å²) in [5.41, 5.74) is 3.64. The van der Waals surface area contributed by atoms with E-state index in [4.69, 9.17) is 11.6 Å². The number of aromatic nitrogens is 2. The van der Waals surface area contributed by atoms with Crippen LogP contribution in [-0.4, -0.2) is 48.7 Å². The van der Waals surface area contributed by atoms with Crippen LogP contribution in [0.2, 0.25) is 5.02 Å². The number of benzene rings is 1. The van der Waals surface area contributed by atoms with E-state index in [1.807, 2.05) is 65.7 Å². The van der Waals surface area contributed by atoms with Crippen molar-refractivity contribution in [3.63, 3.8) is 0 Å². The van der Waals surface area contributed by atoms with Crippen molar-refractivity contribution in [2.75, 3.05) is 19.8 Å². The number of halogens is 1. The Kier molecular flexibility index (Phi) is 8.11. The molecule has 31 heavy (non-hydrogen) atoms. The topological polar surface area (TPSA) is 72.3 Å². The number of sulfone groups is 1. The number of ketones is 1. The lowest BCUT2D eigenvalue weighted by Gasteiger charge is -2.20. The van der Waals surface area contributed by atoms with Gasteiger partial charge >= 0.3 is 0 Å². The van der Waals surface area contributed by atoms with Gasteiger partial charge in [0.1, 0.15) is 5.75 Å². The van der Waals surface area contributed by atoms with E-state index in [1.54, 1.807) is 17.8 Å². The summed E-state index contributed by atoms with van der Waals surface area (Å²) in [5.74, 6) is -0.584. The molecule has 0 saturated heterocycles. The van der Waals surface area contributed by atoms with Crippen molar-refractivity contribution in [3.05, 3.63) is 45.6 Å². The Morgan fingerprint density at radius 3 is 2.03 bits per heavy atom. The number of hydrogen-bond donors (Lipinski definition) is 0. The Morgan fingerprint density at radius 1 is 1.06 bits per heavy atom. The predicted octanol–water partition coefficient (Wildman–Crippen LogP) is 4.53. The van der Waals surface area contributed by atoms with Gasteiger partial charge in [-0.3, -0.25) is 9.48 Å². The second-order valence-corrected chi connectivity index (χ2v) is 11.4. The molecule has 0 aliphatic rings. The first-order valence-electron chi connectivity index (χ1n) is 10.5. The van der Waals surface area contributed by atoms with E-state index in [2.05, 4.69) is 5.10 Å². The van der Waals surface area contributed by atoms with Crippen LogP contribution >= 0.6 is 11.6 Å². The zero-order chi connectivity index (χ0) is 23.7. The van der Waals surface area contributed by atoms with Gasteiger partial charge in [-0.2, -0.15) is 5.10 Å². The molecule has 2 rings (SSSR count). The van der Waals surface area contributed by atoms with Gasteiger partial charge in [-0.05, 0) is 61.7 Å². The molecule has 1 atom stereocenters. The Morgan fingerprint density at radius 2 is 1.58 bits per heavy atom. The largest absolute Gasteiger partial charge is 0.301 e. The SMILES string of the molecule is CC(C)c1cc(Cl)cc(C(C)C)c1CC(=O)CS(=O)(=O)c1cc(C(C)N(C)C)n(C)n1. The Bertz CT molecular complexity index is 1030. The summed E-state index contributed by atoms with van der Waals surface area (Å²) < 4.78 is 27.5. The predicted molar refractivity (Wildman–Crippen MR) is 126 cm³/mol. The third-order valence-electron chi connectivity index (χ3n) is 5.67. The van der Waals surface area contributed by atoms with Crippen LogP contribution in [0.15, 0.2) is 23.2 Å². The van der Waals surface area contributed by atoms with Crippen molar-refractivity contribution < 1.29 is 13.2 Å². The number of hydrogen-bond acceptors (Lipinski definition) is 5. The number of rotatable bonds is 9. The van der Waals surface area contributed by atoms with Crippen molar-refractivity contribution in [1.29, 1.82) is 0 Å². The van der Waals surface area contributed by atoms with Gasteiger partial charge in [0.2, 0.25) is 9.84 Å². The van der Waals surface area contributed by atoms with Gasteiger partial charge in [-0.15, -0.1) is 0 Å². The molecule has 8 heteroatoms. The number of aryl methyl sites for hydroxylation is 1. The molecular formula is C23H34ClN3O3S. The Labute approximate surface area is 191 Å². The highest BCUT2D eigenvalue weighted by atomic mass is 35.5. The summed E-state index contributed by atoms with van der Waals surface area (Å²) >= 11 is 6.30. The molecule has 1 aromatic heterocycles. The summed E-state index contributed by atoms with van der Waals surface area (Å²) in [6, 6.07) is 5.31. The van der Waals surface area contributed by atoms with Crippen LogP contribution in [-0.2, 0) is 28.1 Å². The van der Waals surface area contributed by atoms with Crippen molar-refractivity contribution >= 4 is 27.2 Å². The van der Waals surface area contributed by atoms with E-state index >= 15 is 0 Å². The maximum Gasteiger partial charge on any atom is 0.204 e. The molecule has 1 aromatic carbocycles. The highest BCUT2D eigenvalue weighted by molar-refractivity contribution is 7.92. The first kappa shape index (κ1) is 25.6. The summed E-state index contributed by atoms with van der Waals surface area (Å²) in [6.45, 7) is 10.1. The average molecular weight is 468 g/mol. The first-order chi connectivity index (χ1) is 14.2. The van der Waals surface area contributed by atoms with Crippen LogP contribution < -0.4 is 0 Å². The molecule has 0 aliphatic heterocycles. The molecule has 2 aromatic rings. The Hall–Kier alpha value is -1.70. The minimum Gasteiger partial charge on any atom is -0.301 e. The molecule has 0 N–H and O–H groups in total. The van der Waals surface area contributed by atoms with Crippen LogP contribution in [0.1, 0.15) is 74.9 Å². The van der Waals surface area contributed by atoms with Crippen LogP contribution in [0, 0.1) is 0 Å². The minimum atomic E-state index is -3.84. The number of nitrogens with zero attached hydrogens (tertiary/aromatic N) is 3. The third kappa shape index (κ3) is 5.96. The van der Waals surface area contributed by atoms with Gasteiger partial charge in [-0.1, -0.05) is 39.3 Å². The van der Waals surface area contributed by atoms with E-state index < -0.39 is 15.6 Å². The smallest absolute Gasteiger partial charge is 0.204 e. The van der Waals surface area contributed by atoms with E-state index in [0.717, 1.165) is 22.4 Å². The number of Topliss-reactive ketones (excluding diaryl/α,β-unsaturated/α-hetero) is 1. The van der Waals surface area contributed by atoms with Crippen molar-refractivity contribution in [1.82, 2.24) is 14.7 Å². The van der Waals surface area contributed by atoms with Crippen molar-refractivity contribution in [2.45, 2.75) is 63.9 Å². The molecule has 6 nitrogen and oxygen atoms in total. The summed E-state index contributed by atoms with van der Waals surface area (Å²) in [5, 5.41) is 4.75. The van der Waals surface area contributed by atoms with Gasteiger partial charge in [0.15, 0.2) is 10.8 Å². The zero-order valence-electron chi connectivity index (χ0n) is 19.7. The van der Waals surface area contributed by atoms with Gasteiger partial charge in [0.05, 0.1) is 5.69 Å². The van der Waals surface area contributed by atoms with Gasteiger partial charge < -0.3 is 4.90 Å². The minimum absolute atomic E-state index is 0.00609. The fraction of sp³-hybridized carbons (Fsp3) is 0.565. The van der Waals surface area contributed by atoms with E-state index in [1.165, 1.54) is 0 Å². The van der Waals surface area contributed by atoms with Gasteiger partial charge in [-0.25, -0.2) is 8.42 Å². The van der Waals surface area contributed by atoms with Crippen molar-refractivity contribution in [3.8, 4) is 0 Å². The zero-order valence-corrected chi connectivity index (χ0v) is 21.3. The lowest BCUT2D eigenvalue weighted by molar-refractivity contribution is -0.116. The summed E-state index contributed by atoms with van der Waals surface area (Å²) in [7, 11) is 1.71. The summed E-state index contributed by atoms with van der Waals surface area (Å²) in [4.78, 5) is 14.9. The lowest BCUT2D eigenvalue weighted by atomic mass is 9.86. The number of carbonyl (C=O) groups excluding carboxylic acids is 1. The molecule has 172 valence electrons. The van der Waals surface area contributed by atoms with Crippen LogP contribution in [0.5, 0.6) is 0 Å². The molecule has 1 unspecified atom stereocenters. The second-order valence-electron chi connectivity index (χ2n) is 9.02. The first-order valence-corrected chi connectivity index (χ1v) is 12.5. The highest BCUT2D eigenvalue weighted by Crippen LogP contribution is 2.32. The quantitative estimate of drug-likeness (QED) is 0.541. The standard InChI is InChI=1S/C23H34ClN3O3S/c1-14(2)19-9-17(24)10-20(15(3)4)21(19)11-18(28)13-31(29,30)23-12-22(27(8)25-23)16(5)26(6)7/h9-10,12,14-16H,11,13H2,1-8H3. The van der Waals surface area contributed by atoms with Gasteiger partial charge in [0, 0.05) is 30.6 Å². The average Bonchev–Trinajstić information content (AvgIpc) is 3.03. The number of carbonyl (C=O) groups is 1. The van der Waals surface area contributed by atoms with E-state index in [-0.39, 0.29) is 35.1 Å². The van der Waals surface area contributed by atoms with E-state index in [0.29, 0.717) is 5.02 Å². The highest BCUT2D eigenvalue weighted by Gasteiger charge is 2.27. The van der Waals surface area contributed by atoms with Crippen molar-refractivity contribution in [2.24, 2.45) is 7.05 Å². The molecule has 0 radical (unpaired) electrons. The van der Waals surface area contributed by atoms with Crippen LogP contribution in [0.4, 0.5) is 0 Å². The molecule has 0 aliphatic carbocycles. The molecule has 0 spiro atoms. The molecule has 0 bridgehead atoms. The van der Waals surface area contributed by atoms with E-state index in [9.17, 15) is 13.2 Å². The normalized spacial score (nSPS) is 13.4. The van der Waals surface area contributed by atoms with Crippen LogP contribution in [0.25, 0.3) is 0 Å². The lowest BCUT2D eigenvalue weighted by Crippen LogP contribution is -2.20. The maximum absolute atomic E-state index is 13.0. The monoisotopic (exact) mass is 467 g/mol. The molecule has 0 saturated carbocycles. The molecule has 1 heterocycles. The molecular weight excluding hydrogens is 434 g/mol. The molecule has 0 amide bonds. The molecule has 0 fully saturated rings. The fourth-order valence-corrected chi connectivity index (χ4v) is 5.17. The second kappa shape index (κ2) is 9.84. The van der Waals surface area contributed by atoms with Crippen LogP contribution in [0.3, 0.4) is 0 Å². The maximum atomic E-state index is 13.0. The fourth-order valence-electron chi connectivity index (χ4n) is 3.71. The third-order valence-corrected chi connectivity index (χ3v) is 7.42. The Balaban J connectivity index is 2.34.